The van der Waals surface area contributed by atoms with Crippen molar-refractivity contribution in [1.82, 2.24) is 5.01 Å². The molecule has 0 aliphatic carbocycles. The Hall–Kier alpha value is -1.90. The fourth-order valence-electron chi connectivity index (χ4n) is 1.30. The van der Waals surface area contributed by atoms with Gasteiger partial charge in [-0.15, -0.1) is 6.58 Å². The molecule has 0 saturated carbocycles. The summed E-state index contributed by atoms with van der Waals surface area (Å²) in [5, 5.41) is 5.62. The monoisotopic (exact) mass is 230 g/mol. The van der Waals surface area contributed by atoms with Crippen LogP contribution in [0.3, 0.4) is 0 Å². The lowest BCUT2D eigenvalue weighted by Crippen LogP contribution is -2.24. The molecule has 0 atom stereocenters. The van der Waals surface area contributed by atoms with Crippen molar-refractivity contribution < 1.29 is 4.79 Å². The number of aryl methyl sites for hydroxylation is 1. The summed E-state index contributed by atoms with van der Waals surface area (Å²) in [6, 6.07) is 7.99. The Morgan fingerprint density at radius 2 is 2.06 bits per heavy atom. The van der Waals surface area contributed by atoms with Gasteiger partial charge in [0.25, 0.3) is 0 Å². The third-order valence-corrected chi connectivity index (χ3v) is 2.33. The van der Waals surface area contributed by atoms with E-state index in [1.807, 2.05) is 31.2 Å². The number of rotatable bonds is 5. The molecule has 17 heavy (non-hydrogen) atoms. The van der Waals surface area contributed by atoms with Crippen molar-refractivity contribution in [2.24, 2.45) is 5.10 Å². The third-order valence-electron chi connectivity index (χ3n) is 2.33. The van der Waals surface area contributed by atoms with Crippen LogP contribution >= 0.6 is 0 Å². The van der Waals surface area contributed by atoms with Gasteiger partial charge in [-0.2, -0.15) is 5.10 Å². The summed E-state index contributed by atoms with van der Waals surface area (Å²) in [7, 11) is 0. The highest BCUT2D eigenvalue weighted by Crippen LogP contribution is 2.01. The number of carbonyl (C=O) groups is 1. The maximum atomic E-state index is 11.3. The maximum Gasteiger partial charge on any atom is 0.239 e. The minimum atomic E-state index is -0.0600. The van der Waals surface area contributed by atoms with Crippen molar-refractivity contribution in [1.29, 1.82) is 0 Å². The van der Waals surface area contributed by atoms with Crippen LogP contribution in [0.1, 0.15) is 24.5 Å². The highest BCUT2D eigenvalue weighted by atomic mass is 16.2. The van der Waals surface area contributed by atoms with Gasteiger partial charge in [-0.3, -0.25) is 4.79 Å². The molecule has 0 radical (unpaired) electrons. The highest BCUT2D eigenvalue weighted by Gasteiger charge is 2.03. The van der Waals surface area contributed by atoms with E-state index in [1.165, 1.54) is 17.5 Å². The van der Waals surface area contributed by atoms with Crippen LogP contribution in [0.4, 0.5) is 0 Å². The average Bonchev–Trinajstić information content (AvgIpc) is 2.31. The van der Waals surface area contributed by atoms with Crippen LogP contribution in [0.25, 0.3) is 0 Å². The van der Waals surface area contributed by atoms with Crippen LogP contribution < -0.4 is 0 Å². The topological polar surface area (TPSA) is 32.7 Å². The second kappa shape index (κ2) is 6.63. The van der Waals surface area contributed by atoms with E-state index < -0.39 is 0 Å². The van der Waals surface area contributed by atoms with Crippen LogP contribution in [-0.4, -0.2) is 23.7 Å². The zero-order chi connectivity index (χ0) is 12.7. The molecule has 0 saturated heterocycles. The summed E-state index contributed by atoms with van der Waals surface area (Å²) >= 11 is 0. The fourth-order valence-corrected chi connectivity index (χ4v) is 1.30. The Morgan fingerprint density at radius 1 is 1.41 bits per heavy atom. The van der Waals surface area contributed by atoms with Gasteiger partial charge in [0.1, 0.15) is 0 Å². The molecule has 0 aliphatic rings. The van der Waals surface area contributed by atoms with Gasteiger partial charge in [0.2, 0.25) is 5.91 Å². The van der Waals surface area contributed by atoms with Gasteiger partial charge in [-0.1, -0.05) is 35.9 Å². The maximum absolute atomic E-state index is 11.3. The first-order valence-corrected chi connectivity index (χ1v) is 5.63. The number of amides is 1. The quantitative estimate of drug-likeness (QED) is 0.435. The highest BCUT2D eigenvalue weighted by molar-refractivity contribution is 5.81. The molecule has 0 aromatic heterocycles. The van der Waals surface area contributed by atoms with Gasteiger partial charge in [-0.05, 0) is 18.9 Å². The first-order valence-electron chi connectivity index (χ1n) is 5.63. The lowest BCUT2D eigenvalue weighted by molar-refractivity contribution is -0.128. The van der Waals surface area contributed by atoms with Crippen molar-refractivity contribution in [3.63, 3.8) is 0 Å². The van der Waals surface area contributed by atoms with E-state index in [1.54, 1.807) is 12.3 Å². The molecule has 1 aromatic carbocycles. The Bertz CT molecular complexity index is 407. The van der Waals surface area contributed by atoms with Gasteiger partial charge in [0.15, 0.2) is 0 Å². The predicted molar refractivity (Wildman–Crippen MR) is 71.0 cm³/mol. The van der Waals surface area contributed by atoms with E-state index in [-0.39, 0.29) is 5.91 Å². The number of hydrogen-bond donors (Lipinski definition) is 0. The SMILES string of the molecule is C=CCCN(N=Cc1ccc(C)cc1)C(C)=O. The van der Waals surface area contributed by atoms with Crippen LogP contribution in [0.5, 0.6) is 0 Å². The lowest BCUT2D eigenvalue weighted by atomic mass is 10.2. The lowest BCUT2D eigenvalue weighted by Gasteiger charge is -2.13. The zero-order valence-electron chi connectivity index (χ0n) is 10.4. The van der Waals surface area contributed by atoms with E-state index in [0.29, 0.717) is 6.54 Å². The average molecular weight is 230 g/mol. The normalized spacial score (nSPS) is 10.5. The number of hydrazone groups is 1. The van der Waals surface area contributed by atoms with E-state index >= 15 is 0 Å². The Morgan fingerprint density at radius 3 is 2.59 bits per heavy atom. The standard InChI is InChI=1S/C14H18N2O/c1-4-5-10-16(13(3)17)15-11-14-8-6-12(2)7-9-14/h4,6-9,11H,1,5,10H2,2-3H3. The van der Waals surface area contributed by atoms with Gasteiger partial charge >= 0.3 is 0 Å². The molecule has 0 heterocycles. The van der Waals surface area contributed by atoms with E-state index in [0.717, 1.165) is 12.0 Å². The summed E-state index contributed by atoms with van der Waals surface area (Å²) in [4.78, 5) is 11.3. The smallest absolute Gasteiger partial charge is 0.239 e. The molecular weight excluding hydrogens is 212 g/mol. The van der Waals surface area contributed by atoms with Gasteiger partial charge in [0, 0.05) is 13.5 Å². The molecule has 0 spiro atoms. The van der Waals surface area contributed by atoms with Crippen LogP contribution in [0.15, 0.2) is 42.0 Å². The summed E-state index contributed by atoms with van der Waals surface area (Å²) in [6.07, 6.45) is 4.21. The van der Waals surface area contributed by atoms with Crippen molar-refractivity contribution >= 4 is 12.1 Å². The number of hydrogen-bond acceptors (Lipinski definition) is 2. The van der Waals surface area contributed by atoms with Gasteiger partial charge < -0.3 is 0 Å². The molecule has 1 aromatic rings. The minimum Gasteiger partial charge on any atom is -0.273 e. The number of carbonyl (C=O) groups excluding carboxylic acids is 1. The van der Waals surface area contributed by atoms with Crippen LogP contribution in [-0.2, 0) is 4.79 Å². The first kappa shape index (κ1) is 13.2. The second-order valence-corrected chi connectivity index (χ2v) is 3.87. The molecule has 90 valence electrons. The summed E-state index contributed by atoms with van der Waals surface area (Å²) < 4.78 is 0. The molecule has 1 rings (SSSR count). The summed E-state index contributed by atoms with van der Waals surface area (Å²) in [6.45, 7) is 7.74. The molecule has 0 bridgehead atoms. The zero-order valence-corrected chi connectivity index (χ0v) is 10.4. The second-order valence-electron chi connectivity index (χ2n) is 3.87. The first-order chi connectivity index (χ1) is 8.13. The minimum absolute atomic E-state index is 0.0600. The molecule has 3 nitrogen and oxygen atoms in total. The fraction of sp³-hybridized carbons (Fsp3) is 0.286. The molecule has 0 fully saturated rings. The summed E-state index contributed by atoms with van der Waals surface area (Å²) in [5.74, 6) is -0.0600. The largest absolute Gasteiger partial charge is 0.273 e. The molecule has 3 heteroatoms. The van der Waals surface area contributed by atoms with Crippen LogP contribution in [0.2, 0.25) is 0 Å². The Labute approximate surface area is 102 Å². The van der Waals surface area contributed by atoms with E-state index in [4.69, 9.17) is 0 Å². The van der Waals surface area contributed by atoms with E-state index in [9.17, 15) is 4.79 Å². The van der Waals surface area contributed by atoms with Crippen molar-refractivity contribution in [3.8, 4) is 0 Å². The third kappa shape index (κ3) is 4.64. The van der Waals surface area contributed by atoms with Crippen LogP contribution in [0, 0.1) is 6.92 Å². The van der Waals surface area contributed by atoms with Crippen molar-refractivity contribution in [3.05, 3.63) is 48.0 Å². The molecular formula is C14H18N2O. The Kier molecular flexibility index (Phi) is 5.14. The molecule has 0 unspecified atom stereocenters. The van der Waals surface area contributed by atoms with Crippen molar-refractivity contribution in [2.45, 2.75) is 20.3 Å². The molecule has 0 aliphatic heterocycles. The van der Waals surface area contributed by atoms with Crippen molar-refractivity contribution in [2.75, 3.05) is 6.54 Å². The van der Waals surface area contributed by atoms with E-state index in [2.05, 4.69) is 11.7 Å². The number of nitrogens with zero attached hydrogens (tertiary/aromatic N) is 2. The van der Waals surface area contributed by atoms with Gasteiger partial charge in [-0.25, -0.2) is 5.01 Å². The molecule has 1 amide bonds. The summed E-state index contributed by atoms with van der Waals surface area (Å²) in [5.41, 5.74) is 2.19. The number of benzene rings is 1. The predicted octanol–water partition coefficient (Wildman–Crippen LogP) is 2.75. The van der Waals surface area contributed by atoms with Gasteiger partial charge in [0.05, 0.1) is 6.21 Å². The molecule has 0 N–H and O–H groups in total. The Balaban J connectivity index is 2.68.